The van der Waals surface area contributed by atoms with E-state index in [2.05, 4.69) is 0 Å². The molecule has 94 valence electrons. The molecule has 0 radical (unpaired) electrons. The van der Waals surface area contributed by atoms with Gasteiger partial charge in [0, 0.05) is 5.56 Å². The van der Waals surface area contributed by atoms with E-state index in [-0.39, 0.29) is 11.3 Å². The lowest BCUT2D eigenvalue weighted by Crippen LogP contribution is -2.14. The summed E-state index contributed by atoms with van der Waals surface area (Å²) < 4.78 is 43.3. The minimum atomic E-state index is -4.60. The normalized spacial score (nSPS) is 11.4. The molecule has 1 rings (SSSR count). The molecular weight excluding hydrogens is 233 g/mol. The summed E-state index contributed by atoms with van der Waals surface area (Å²) in [6, 6.07) is 2.59. The molecule has 0 aliphatic heterocycles. The lowest BCUT2D eigenvalue weighted by atomic mass is 9.98. The molecule has 0 atom stereocenters. The van der Waals surface area contributed by atoms with Crippen LogP contribution in [-0.4, -0.2) is 12.9 Å². The van der Waals surface area contributed by atoms with Crippen molar-refractivity contribution in [3.05, 3.63) is 28.8 Å². The van der Waals surface area contributed by atoms with E-state index in [0.717, 1.165) is 14.0 Å². The van der Waals surface area contributed by atoms with Gasteiger partial charge < -0.3 is 4.74 Å². The topological polar surface area (TPSA) is 26.3 Å². The van der Waals surface area contributed by atoms with Gasteiger partial charge in [-0.25, -0.2) is 0 Å². The summed E-state index contributed by atoms with van der Waals surface area (Å²) in [5.41, 5.74) is -0.696. The minimum Gasteiger partial charge on any atom is -0.496 e. The van der Waals surface area contributed by atoms with Crippen molar-refractivity contribution in [3.8, 4) is 5.75 Å². The molecule has 0 aliphatic rings. The van der Waals surface area contributed by atoms with Gasteiger partial charge in [0.25, 0.3) is 0 Å². The average molecular weight is 246 g/mol. The number of Topliss-reactive ketones (excluding diaryl/α,β-unsaturated/α-hetero) is 1. The summed E-state index contributed by atoms with van der Waals surface area (Å²) in [4.78, 5) is 11.3. The number of benzene rings is 1. The fraction of sp³-hybridized carbons (Fsp3) is 0.417. The number of ether oxygens (including phenoxy) is 1. The summed E-state index contributed by atoms with van der Waals surface area (Å²) in [5, 5.41) is 0. The predicted molar refractivity (Wildman–Crippen MR) is 57.4 cm³/mol. The van der Waals surface area contributed by atoms with Gasteiger partial charge in [-0.1, -0.05) is 6.92 Å². The average Bonchev–Trinajstić information content (AvgIpc) is 2.25. The number of ketones is 1. The number of carbonyl (C=O) groups excluding carboxylic acids is 1. The van der Waals surface area contributed by atoms with E-state index >= 15 is 0 Å². The molecular formula is C12H13F3O2. The van der Waals surface area contributed by atoms with Crippen LogP contribution in [0.4, 0.5) is 13.2 Å². The van der Waals surface area contributed by atoms with Crippen molar-refractivity contribution in [1.29, 1.82) is 0 Å². The van der Waals surface area contributed by atoms with Crippen LogP contribution >= 0.6 is 0 Å². The molecule has 0 heterocycles. The van der Waals surface area contributed by atoms with Crippen molar-refractivity contribution in [2.75, 3.05) is 7.11 Å². The maximum Gasteiger partial charge on any atom is 0.420 e. The van der Waals surface area contributed by atoms with Crippen molar-refractivity contribution in [2.45, 2.75) is 26.4 Å². The molecule has 0 aromatic heterocycles. The maximum atomic E-state index is 12.9. The number of hydrogen-bond donors (Lipinski definition) is 0. The van der Waals surface area contributed by atoms with Gasteiger partial charge in [-0.15, -0.1) is 0 Å². The standard InChI is InChI=1S/C12H13F3O2/c1-4-8-5-9(7(2)16)11(12(13,14)15)10(6-8)17-3/h5-6H,4H2,1-3H3. The molecule has 0 bridgehead atoms. The van der Waals surface area contributed by atoms with Crippen LogP contribution in [0.25, 0.3) is 0 Å². The first kappa shape index (κ1) is 13.5. The van der Waals surface area contributed by atoms with Crippen molar-refractivity contribution in [2.24, 2.45) is 0 Å². The van der Waals surface area contributed by atoms with Crippen LogP contribution in [-0.2, 0) is 12.6 Å². The van der Waals surface area contributed by atoms with Crippen molar-refractivity contribution in [1.82, 2.24) is 0 Å². The highest BCUT2D eigenvalue weighted by molar-refractivity contribution is 5.96. The van der Waals surface area contributed by atoms with Crippen molar-refractivity contribution < 1.29 is 22.7 Å². The van der Waals surface area contributed by atoms with Gasteiger partial charge in [0.2, 0.25) is 0 Å². The van der Waals surface area contributed by atoms with Crippen LogP contribution in [0.5, 0.6) is 5.75 Å². The molecule has 1 aromatic rings. The van der Waals surface area contributed by atoms with Crippen LogP contribution in [0.3, 0.4) is 0 Å². The van der Waals surface area contributed by atoms with Gasteiger partial charge in [0.1, 0.15) is 11.3 Å². The smallest absolute Gasteiger partial charge is 0.420 e. The summed E-state index contributed by atoms with van der Waals surface area (Å²) in [6.45, 7) is 2.91. The summed E-state index contributed by atoms with van der Waals surface area (Å²) in [7, 11) is 1.16. The second-order valence-corrected chi connectivity index (χ2v) is 3.63. The first-order valence-corrected chi connectivity index (χ1v) is 5.10. The molecule has 17 heavy (non-hydrogen) atoms. The number of methoxy groups -OCH3 is 1. The molecule has 0 saturated carbocycles. The Morgan fingerprint density at radius 1 is 1.35 bits per heavy atom. The zero-order valence-corrected chi connectivity index (χ0v) is 9.81. The number of carbonyl (C=O) groups is 1. The van der Waals surface area contributed by atoms with Crippen LogP contribution in [0.15, 0.2) is 12.1 Å². The zero-order chi connectivity index (χ0) is 13.2. The zero-order valence-electron chi connectivity index (χ0n) is 9.81. The van der Waals surface area contributed by atoms with E-state index in [0.29, 0.717) is 12.0 Å². The number of rotatable bonds is 3. The SMILES string of the molecule is CCc1cc(OC)c(C(F)(F)F)c(C(C)=O)c1. The molecule has 0 saturated heterocycles. The second-order valence-electron chi connectivity index (χ2n) is 3.63. The van der Waals surface area contributed by atoms with E-state index in [4.69, 9.17) is 4.74 Å². The van der Waals surface area contributed by atoms with E-state index < -0.39 is 17.5 Å². The quantitative estimate of drug-likeness (QED) is 0.763. The Labute approximate surface area is 97.4 Å². The second kappa shape index (κ2) is 4.77. The Morgan fingerprint density at radius 2 is 1.94 bits per heavy atom. The van der Waals surface area contributed by atoms with Gasteiger partial charge >= 0.3 is 6.18 Å². The highest BCUT2D eigenvalue weighted by atomic mass is 19.4. The molecule has 1 aromatic carbocycles. The van der Waals surface area contributed by atoms with Gasteiger partial charge in [-0.05, 0) is 31.0 Å². The third-order valence-corrected chi connectivity index (χ3v) is 2.45. The fourth-order valence-corrected chi connectivity index (χ4v) is 1.61. The van der Waals surface area contributed by atoms with E-state index in [1.165, 1.54) is 12.1 Å². The molecule has 5 heteroatoms. The number of hydrogen-bond acceptors (Lipinski definition) is 2. The monoisotopic (exact) mass is 246 g/mol. The van der Waals surface area contributed by atoms with E-state index in [1.807, 2.05) is 0 Å². The Morgan fingerprint density at radius 3 is 2.29 bits per heavy atom. The Bertz CT molecular complexity index is 436. The Hall–Kier alpha value is -1.52. The molecule has 0 amide bonds. The van der Waals surface area contributed by atoms with E-state index in [1.54, 1.807) is 6.92 Å². The highest BCUT2D eigenvalue weighted by Crippen LogP contribution is 2.39. The highest BCUT2D eigenvalue weighted by Gasteiger charge is 2.38. The number of alkyl halides is 3. The largest absolute Gasteiger partial charge is 0.496 e. The van der Waals surface area contributed by atoms with E-state index in [9.17, 15) is 18.0 Å². The van der Waals surface area contributed by atoms with Crippen LogP contribution in [0.2, 0.25) is 0 Å². The maximum absolute atomic E-state index is 12.9. The lowest BCUT2D eigenvalue weighted by Gasteiger charge is -2.16. The van der Waals surface area contributed by atoms with Crippen molar-refractivity contribution >= 4 is 5.78 Å². The summed E-state index contributed by atoms with van der Waals surface area (Å²) >= 11 is 0. The Balaban J connectivity index is 3.58. The first-order chi connectivity index (χ1) is 7.81. The molecule has 0 N–H and O–H groups in total. The van der Waals surface area contributed by atoms with Gasteiger partial charge in [-0.2, -0.15) is 13.2 Å². The predicted octanol–water partition coefficient (Wildman–Crippen LogP) is 3.48. The molecule has 0 fully saturated rings. The molecule has 2 nitrogen and oxygen atoms in total. The van der Waals surface area contributed by atoms with Crippen LogP contribution in [0, 0.1) is 0 Å². The molecule has 0 spiro atoms. The molecule has 0 unspecified atom stereocenters. The van der Waals surface area contributed by atoms with Crippen molar-refractivity contribution in [3.63, 3.8) is 0 Å². The number of aryl methyl sites for hydroxylation is 1. The summed E-state index contributed by atoms with van der Waals surface area (Å²) in [6.07, 6.45) is -4.06. The third kappa shape index (κ3) is 2.78. The minimum absolute atomic E-state index is 0.304. The summed E-state index contributed by atoms with van der Waals surface area (Å²) in [5.74, 6) is -0.923. The third-order valence-electron chi connectivity index (χ3n) is 2.45. The molecule has 0 aliphatic carbocycles. The van der Waals surface area contributed by atoms with Gasteiger partial charge in [0.15, 0.2) is 5.78 Å². The van der Waals surface area contributed by atoms with Crippen LogP contribution < -0.4 is 4.74 Å². The Kier molecular flexibility index (Phi) is 3.80. The number of halogens is 3. The fourth-order valence-electron chi connectivity index (χ4n) is 1.61. The van der Waals surface area contributed by atoms with Gasteiger partial charge in [0.05, 0.1) is 7.11 Å². The van der Waals surface area contributed by atoms with Gasteiger partial charge in [-0.3, -0.25) is 4.79 Å². The lowest BCUT2D eigenvalue weighted by molar-refractivity contribution is -0.139. The van der Waals surface area contributed by atoms with Crippen LogP contribution in [0.1, 0.15) is 35.3 Å². The first-order valence-electron chi connectivity index (χ1n) is 5.10.